The molecule has 1 rings (SSSR count). The zero-order chi connectivity index (χ0) is 15.0. The van der Waals surface area contributed by atoms with Gasteiger partial charge in [0.05, 0.1) is 10.6 Å². The molecule has 0 aromatic heterocycles. The Hall–Kier alpha value is -0.580. The lowest BCUT2D eigenvalue weighted by atomic mass is 10.1. The van der Waals surface area contributed by atoms with Crippen LogP contribution in [0.2, 0.25) is 5.02 Å². The number of hydrogen-bond acceptors (Lipinski definition) is 3. The van der Waals surface area contributed by atoms with Gasteiger partial charge in [0.2, 0.25) is 0 Å². The maximum atomic E-state index is 12.1. The van der Waals surface area contributed by atoms with Crippen molar-refractivity contribution in [2.45, 2.75) is 50.5 Å². The van der Waals surface area contributed by atoms with Crippen LogP contribution in [0.1, 0.15) is 39.5 Å². The summed E-state index contributed by atoms with van der Waals surface area (Å²) in [5.41, 5.74) is 0. The van der Waals surface area contributed by atoms with Gasteiger partial charge in [0.1, 0.15) is 0 Å². The van der Waals surface area contributed by atoms with Crippen LogP contribution in [0, 0.1) is 0 Å². The van der Waals surface area contributed by atoms with Gasteiger partial charge in [-0.25, -0.2) is 8.42 Å². The summed E-state index contributed by atoms with van der Waals surface area (Å²) >= 11 is 5.76. The topological polar surface area (TPSA) is 46.2 Å². The SMILES string of the molecule is CCCNC(C)CCCCS(=O)(=O)c1ccc(Cl)cc1. The number of nitrogens with one attached hydrogen (secondary N) is 1. The van der Waals surface area contributed by atoms with E-state index in [9.17, 15) is 8.42 Å². The normalized spacial score (nSPS) is 13.3. The number of rotatable bonds is 9. The molecule has 0 saturated carbocycles. The molecule has 0 spiro atoms. The zero-order valence-corrected chi connectivity index (χ0v) is 13.8. The molecule has 1 unspecified atom stereocenters. The lowest BCUT2D eigenvalue weighted by Gasteiger charge is -2.12. The van der Waals surface area contributed by atoms with Crippen LogP contribution >= 0.6 is 11.6 Å². The van der Waals surface area contributed by atoms with Crippen LogP contribution in [0.15, 0.2) is 29.2 Å². The summed E-state index contributed by atoms with van der Waals surface area (Å²) in [4.78, 5) is 0.360. The molecule has 20 heavy (non-hydrogen) atoms. The standard InChI is InChI=1S/C15H24ClNO2S/c1-3-11-17-13(2)6-4-5-12-20(18,19)15-9-7-14(16)8-10-15/h7-10,13,17H,3-6,11-12H2,1-2H3. The Balaban J connectivity index is 2.35. The number of sulfone groups is 1. The van der Waals surface area contributed by atoms with Gasteiger partial charge < -0.3 is 5.32 Å². The van der Waals surface area contributed by atoms with Crippen LogP contribution in [0.3, 0.4) is 0 Å². The second kappa shape index (κ2) is 8.65. The van der Waals surface area contributed by atoms with Gasteiger partial charge in [0.15, 0.2) is 9.84 Å². The highest BCUT2D eigenvalue weighted by Gasteiger charge is 2.13. The van der Waals surface area contributed by atoms with Crippen molar-refractivity contribution in [1.29, 1.82) is 0 Å². The molecule has 0 fully saturated rings. The van der Waals surface area contributed by atoms with Gasteiger partial charge in [-0.2, -0.15) is 0 Å². The molecule has 0 saturated heterocycles. The third kappa shape index (κ3) is 6.25. The Kier molecular flexibility index (Phi) is 7.56. The fourth-order valence-corrected chi connectivity index (χ4v) is 3.49. The maximum Gasteiger partial charge on any atom is 0.178 e. The van der Waals surface area contributed by atoms with Crippen LogP contribution in [0.5, 0.6) is 0 Å². The molecule has 0 amide bonds. The van der Waals surface area contributed by atoms with Gasteiger partial charge in [-0.1, -0.05) is 24.9 Å². The molecule has 1 atom stereocenters. The van der Waals surface area contributed by atoms with E-state index in [2.05, 4.69) is 19.2 Å². The molecule has 3 nitrogen and oxygen atoms in total. The van der Waals surface area contributed by atoms with Crippen molar-refractivity contribution in [3.8, 4) is 0 Å². The van der Waals surface area contributed by atoms with Crippen LogP contribution in [-0.4, -0.2) is 26.8 Å². The summed E-state index contributed by atoms with van der Waals surface area (Å²) in [6, 6.07) is 6.83. The van der Waals surface area contributed by atoms with Crippen LogP contribution in [-0.2, 0) is 9.84 Å². The van der Waals surface area contributed by atoms with Crippen molar-refractivity contribution in [1.82, 2.24) is 5.32 Å². The molecule has 1 aromatic carbocycles. The van der Waals surface area contributed by atoms with Crippen LogP contribution in [0.25, 0.3) is 0 Å². The Morgan fingerprint density at radius 3 is 2.45 bits per heavy atom. The fraction of sp³-hybridized carbons (Fsp3) is 0.600. The van der Waals surface area contributed by atoms with E-state index < -0.39 is 9.84 Å². The van der Waals surface area contributed by atoms with E-state index in [4.69, 9.17) is 11.6 Å². The summed E-state index contributed by atoms with van der Waals surface area (Å²) in [5.74, 6) is 0.204. The molecule has 0 aliphatic heterocycles. The van der Waals surface area contributed by atoms with Gasteiger partial charge >= 0.3 is 0 Å². The van der Waals surface area contributed by atoms with Gasteiger partial charge in [0.25, 0.3) is 0 Å². The first kappa shape index (κ1) is 17.5. The van der Waals surface area contributed by atoms with E-state index in [1.807, 2.05) is 0 Å². The highest BCUT2D eigenvalue weighted by Crippen LogP contribution is 2.16. The van der Waals surface area contributed by atoms with Crippen molar-refractivity contribution in [2.24, 2.45) is 0 Å². The summed E-state index contributed by atoms with van der Waals surface area (Å²) in [7, 11) is -3.17. The Morgan fingerprint density at radius 2 is 1.85 bits per heavy atom. The van der Waals surface area contributed by atoms with Gasteiger partial charge in [-0.15, -0.1) is 0 Å². The minimum Gasteiger partial charge on any atom is -0.314 e. The predicted octanol–water partition coefficient (Wildman–Crippen LogP) is 3.67. The van der Waals surface area contributed by atoms with E-state index in [1.165, 1.54) is 0 Å². The molecule has 1 N–H and O–H groups in total. The van der Waals surface area contributed by atoms with Gasteiger partial charge in [0, 0.05) is 11.1 Å². The van der Waals surface area contributed by atoms with Crippen LogP contribution in [0.4, 0.5) is 0 Å². The first-order valence-corrected chi connectivity index (χ1v) is 9.20. The van der Waals surface area contributed by atoms with Crippen molar-refractivity contribution in [2.75, 3.05) is 12.3 Å². The lowest BCUT2D eigenvalue weighted by molar-refractivity contribution is 0.494. The first-order chi connectivity index (χ1) is 9.45. The largest absolute Gasteiger partial charge is 0.314 e. The quantitative estimate of drug-likeness (QED) is 0.707. The molecule has 0 aliphatic rings. The molecular formula is C15H24ClNO2S. The average Bonchev–Trinajstić information content (AvgIpc) is 2.42. The van der Waals surface area contributed by atoms with E-state index in [0.29, 0.717) is 22.4 Å². The lowest BCUT2D eigenvalue weighted by Crippen LogP contribution is -2.26. The second-order valence-electron chi connectivity index (χ2n) is 5.12. The van der Waals surface area contributed by atoms with E-state index in [1.54, 1.807) is 24.3 Å². The van der Waals surface area contributed by atoms with Gasteiger partial charge in [-0.05, 0) is 57.0 Å². The number of unbranched alkanes of at least 4 members (excludes halogenated alkanes) is 1. The molecular weight excluding hydrogens is 294 g/mol. The summed E-state index contributed by atoms with van der Waals surface area (Å²) in [6.45, 7) is 5.30. The Labute approximate surface area is 127 Å². The molecule has 1 aromatic rings. The fourth-order valence-electron chi connectivity index (χ4n) is 2.00. The highest BCUT2D eigenvalue weighted by molar-refractivity contribution is 7.91. The van der Waals surface area contributed by atoms with Crippen LogP contribution < -0.4 is 5.32 Å². The van der Waals surface area contributed by atoms with Crippen molar-refractivity contribution >= 4 is 21.4 Å². The van der Waals surface area contributed by atoms with E-state index in [-0.39, 0.29) is 5.75 Å². The number of benzene rings is 1. The summed E-state index contributed by atoms with van der Waals surface area (Å²) in [5, 5.41) is 3.96. The number of hydrogen-bond donors (Lipinski definition) is 1. The average molecular weight is 318 g/mol. The Bertz CT molecular complexity index is 485. The third-order valence-corrected chi connectivity index (χ3v) is 5.28. The molecule has 0 bridgehead atoms. The Morgan fingerprint density at radius 1 is 1.20 bits per heavy atom. The summed E-state index contributed by atoms with van der Waals surface area (Å²) in [6.07, 6.45) is 3.75. The molecule has 5 heteroatoms. The minimum absolute atomic E-state index is 0.204. The van der Waals surface area contributed by atoms with E-state index >= 15 is 0 Å². The van der Waals surface area contributed by atoms with Crippen molar-refractivity contribution < 1.29 is 8.42 Å². The molecule has 0 heterocycles. The van der Waals surface area contributed by atoms with Crippen molar-refractivity contribution in [3.63, 3.8) is 0 Å². The first-order valence-electron chi connectivity index (χ1n) is 7.17. The zero-order valence-electron chi connectivity index (χ0n) is 12.2. The number of halogens is 1. The monoisotopic (exact) mass is 317 g/mol. The summed E-state index contributed by atoms with van der Waals surface area (Å²) < 4.78 is 24.2. The smallest absolute Gasteiger partial charge is 0.178 e. The third-order valence-electron chi connectivity index (χ3n) is 3.22. The predicted molar refractivity (Wildman–Crippen MR) is 85.1 cm³/mol. The highest BCUT2D eigenvalue weighted by atomic mass is 35.5. The van der Waals surface area contributed by atoms with Crippen molar-refractivity contribution in [3.05, 3.63) is 29.3 Å². The van der Waals surface area contributed by atoms with E-state index in [0.717, 1.165) is 25.8 Å². The maximum absolute atomic E-state index is 12.1. The molecule has 0 aliphatic carbocycles. The minimum atomic E-state index is -3.17. The van der Waals surface area contributed by atoms with Gasteiger partial charge in [-0.3, -0.25) is 0 Å². The molecule has 0 radical (unpaired) electrons. The second-order valence-corrected chi connectivity index (χ2v) is 7.67. The molecule has 114 valence electrons.